The fourth-order valence-electron chi connectivity index (χ4n) is 2.68. The average Bonchev–Trinajstić information content (AvgIpc) is 2.62. The van der Waals surface area contributed by atoms with Gasteiger partial charge in [0.25, 0.3) is 0 Å². The van der Waals surface area contributed by atoms with Crippen LogP contribution in [-0.4, -0.2) is 19.7 Å². The van der Waals surface area contributed by atoms with E-state index in [0.717, 1.165) is 35.8 Å². The van der Waals surface area contributed by atoms with Gasteiger partial charge in [-0.05, 0) is 46.4 Å². The Morgan fingerprint density at radius 1 is 1.33 bits per heavy atom. The van der Waals surface area contributed by atoms with Crippen molar-refractivity contribution in [2.75, 3.05) is 19.7 Å². The molecule has 0 unspecified atom stereocenters. The van der Waals surface area contributed by atoms with Crippen molar-refractivity contribution in [2.24, 2.45) is 5.92 Å². The minimum atomic E-state index is 0.639. The molecule has 0 aromatic heterocycles. The Balaban J connectivity index is 2.09. The van der Waals surface area contributed by atoms with E-state index in [1.807, 2.05) is 0 Å². The number of fused-ring (bicyclic) bond motifs is 3. The molecule has 80 valence electrons. The predicted molar refractivity (Wildman–Crippen MR) is 63.4 cm³/mol. The van der Waals surface area contributed by atoms with Gasteiger partial charge in [-0.25, -0.2) is 0 Å². The number of nitrogens with one attached hydrogen (secondary N) is 1. The molecule has 2 aliphatic heterocycles. The van der Waals surface area contributed by atoms with E-state index in [-0.39, 0.29) is 0 Å². The normalized spacial score (nSPS) is 28.9. The van der Waals surface area contributed by atoms with Crippen LogP contribution in [0.15, 0.2) is 22.7 Å². The van der Waals surface area contributed by atoms with E-state index in [1.54, 1.807) is 0 Å². The van der Waals surface area contributed by atoms with E-state index < -0.39 is 0 Å². The Labute approximate surface area is 98.1 Å². The van der Waals surface area contributed by atoms with Crippen molar-refractivity contribution >= 4 is 15.9 Å². The van der Waals surface area contributed by atoms with Crippen molar-refractivity contribution in [2.45, 2.75) is 12.3 Å². The summed E-state index contributed by atoms with van der Waals surface area (Å²) in [7, 11) is 0. The van der Waals surface area contributed by atoms with Gasteiger partial charge in [-0.2, -0.15) is 0 Å². The molecule has 0 amide bonds. The molecule has 1 aromatic rings. The summed E-state index contributed by atoms with van der Waals surface area (Å²) in [6, 6.07) is 6.37. The van der Waals surface area contributed by atoms with Crippen molar-refractivity contribution in [3.63, 3.8) is 0 Å². The minimum absolute atomic E-state index is 0.639. The second kappa shape index (κ2) is 3.80. The first-order valence-corrected chi connectivity index (χ1v) is 6.27. The zero-order valence-corrected chi connectivity index (χ0v) is 10.1. The van der Waals surface area contributed by atoms with E-state index in [4.69, 9.17) is 4.74 Å². The second-order valence-electron chi connectivity index (χ2n) is 4.32. The highest BCUT2D eigenvalue weighted by Gasteiger charge is 2.32. The fourth-order valence-corrected chi connectivity index (χ4v) is 3.18. The lowest BCUT2D eigenvalue weighted by Crippen LogP contribution is -2.11. The number of halogens is 1. The molecular weight excluding hydrogens is 254 g/mol. The first-order valence-electron chi connectivity index (χ1n) is 5.48. The third kappa shape index (κ3) is 1.58. The molecule has 0 aliphatic carbocycles. The molecular formula is C12H14BrNO. The summed E-state index contributed by atoms with van der Waals surface area (Å²) < 4.78 is 6.93. The lowest BCUT2D eigenvalue weighted by atomic mass is 9.87. The van der Waals surface area contributed by atoms with Crippen LogP contribution in [0.5, 0.6) is 5.75 Å². The average molecular weight is 268 g/mol. The van der Waals surface area contributed by atoms with Crippen LogP contribution in [0, 0.1) is 5.92 Å². The smallest absolute Gasteiger partial charge is 0.136 e. The van der Waals surface area contributed by atoms with Gasteiger partial charge in [0.05, 0.1) is 11.1 Å². The third-order valence-electron chi connectivity index (χ3n) is 3.47. The second-order valence-corrected chi connectivity index (χ2v) is 5.17. The Morgan fingerprint density at radius 3 is 3.20 bits per heavy atom. The molecule has 2 atom stereocenters. The first kappa shape index (κ1) is 9.67. The van der Waals surface area contributed by atoms with Crippen LogP contribution in [-0.2, 0) is 0 Å². The van der Waals surface area contributed by atoms with Crippen LogP contribution < -0.4 is 10.1 Å². The van der Waals surface area contributed by atoms with E-state index in [0.29, 0.717) is 5.92 Å². The zero-order valence-electron chi connectivity index (χ0n) is 8.50. The number of benzene rings is 1. The Morgan fingerprint density at radius 2 is 2.27 bits per heavy atom. The zero-order chi connectivity index (χ0) is 10.3. The molecule has 0 radical (unpaired) electrons. The Hall–Kier alpha value is -0.540. The molecule has 1 fully saturated rings. The molecule has 2 heterocycles. The molecule has 0 bridgehead atoms. The molecule has 2 nitrogen and oxygen atoms in total. The van der Waals surface area contributed by atoms with Crippen molar-refractivity contribution < 1.29 is 4.74 Å². The van der Waals surface area contributed by atoms with Crippen LogP contribution in [0.3, 0.4) is 0 Å². The maximum atomic E-state index is 5.84. The molecule has 3 heteroatoms. The molecule has 15 heavy (non-hydrogen) atoms. The summed E-state index contributed by atoms with van der Waals surface area (Å²) in [5, 5.41) is 3.48. The van der Waals surface area contributed by atoms with Gasteiger partial charge in [0, 0.05) is 12.5 Å². The highest BCUT2D eigenvalue weighted by atomic mass is 79.9. The SMILES string of the molecule is Brc1cccc2c1OCC[C@H]1CNC[C@@H]21. The summed E-state index contributed by atoms with van der Waals surface area (Å²) in [4.78, 5) is 0. The lowest BCUT2D eigenvalue weighted by Gasteiger charge is -2.16. The largest absolute Gasteiger partial charge is 0.492 e. The topological polar surface area (TPSA) is 21.3 Å². The van der Waals surface area contributed by atoms with Gasteiger partial charge in [0.15, 0.2) is 0 Å². The Bertz CT molecular complexity index is 380. The summed E-state index contributed by atoms with van der Waals surface area (Å²) in [5.74, 6) is 2.45. The molecule has 0 spiro atoms. The van der Waals surface area contributed by atoms with Crippen LogP contribution in [0.2, 0.25) is 0 Å². The van der Waals surface area contributed by atoms with Crippen LogP contribution >= 0.6 is 15.9 Å². The molecule has 1 N–H and O–H groups in total. The van der Waals surface area contributed by atoms with E-state index in [9.17, 15) is 0 Å². The predicted octanol–water partition coefficient (Wildman–Crippen LogP) is 2.53. The highest BCUT2D eigenvalue weighted by molar-refractivity contribution is 9.10. The standard InChI is InChI=1S/C12H14BrNO/c13-11-3-1-2-9-10-7-14-6-8(10)4-5-15-12(9)11/h1-3,8,10,14H,4-7H2/t8-,10+/m0/s1. The molecule has 2 aliphatic rings. The fraction of sp³-hybridized carbons (Fsp3) is 0.500. The summed E-state index contributed by atoms with van der Waals surface area (Å²) in [6.45, 7) is 3.08. The number of rotatable bonds is 0. The lowest BCUT2D eigenvalue weighted by molar-refractivity contribution is 0.295. The van der Waals surface area contributed by atoms with E-state index in [2.05, 4.69) is 39.4 Å². The summed E-state index contributed by atoms with van der Waals surface area (Å²) >= 11 is 3.57. The first-order chi connectivity index (χ1) is 7.36. The van der Waals surface area contributed by atoms with E-state index in [1.165, 1.54) is 12.0 Å². The number of hydrogen-bond acceptors (Lipinski definition) is 2. The van der Waals surface area contributed by atoms with Gasteiger partial charge in [-0.1, -0.05) is 12.1 Å². The highest BCUT2D eigenvalue weighted by Crippen LogP contribution is 2.41. The van der Waals surface area contributed by atoms with Gasteiger partial charge < -0.3 is 10.1 Å². The van der Waals surface area contributed by atoms with Crippen molar-refractivity contribution in [3.05, 3.63) is 28.2 Å². The van der Waals surface area contributed by atoms with E-state index >= 15 is 0 Å². The van der Waals surface area contributed by atoms with Gasteiger partial charge in [0.2, 0.25) is 0 Å². The van der Waals surface area contributed by atoms with Gasteiger partial charge >= 0.3 is 0 Å². The van der Waals surface area contributed by atoms with Gasteiger partial charge in [-0.3, -0.25) is 0 Å². The minimum Gasteiger partial charge on any atom is -0.492 e. The number of para-hydroxylation sites is 1. The third-order valence-corrected chi connectivity index (χ3v) is 4.10. The van der Waals surface area contributed by atoms with Gasteiger partial charge in [0.1, 0.15) is 5.75 Å². The monoisotopic (exact) mass is 267 g/mol. The van der Waals surface area contributed by atoms with Crippen molar-refractivity contribution in [1.82, 2.24) is 5.32 Å². The maximum Gasteiger partial charge on any atom is 0.136 e. The van der Waals surface area contributed by atoms with Crippen LogP contribution in [0.1, 0.15) is 17.9 Å². The Kier molecular flexibility index (Phi) is 2.45. The molecule has 1 aromatic carbocycles. The molecule has 0 saturated carbocycles. The van der Waals surface area contributed by atoms with Crippen LogP contribution in [0.25, 0.3) is 0 Å². The van der Waals surface area contributed by atoms with Crippen molar-refractivity contribution in [1.29, 1.82) is 0 Å². The molecule has 3 rings (SSSR count). The number of ether oxygens (including phenoxy) is 1. The van der Waals surface area contributed by atoms with Gasteiger partial charge in [-0.15, -0.1) is 0 Å². The summed E-state index contributed by atoms with van der Waals surface area (Å²) in [5.41, 5.74) is 1.37. The number of hydrogen-bond donors (Lipinski definition) is 1. The summed E-state index contributed by atoms with van der Waals surface area (Å²) in [6.07, 6.45) is 1.17. The maximum absolute atomic E-state index is 5.84. The quantitative estimate of drug-likeness (QED) is 0.780. The van der Waals surface area contributed by atoms with Crippen LogP contribution in [0.4, 0.5) is 0 Å². The van der Waals surface area contributed by atoms with Crippen molar-refractivity contribution in [3.8, 4) is 5.75 Å². The molecule has 1 saturated heterocycles.